The van der Waals surface area contributed by atoms with E-state index in [4.69, 9.17) is 4.74 Å². The number of hydrogen-bond donors (Lipinski definition) is 2. The van der Waals surface area contributed by atoms with E-state index in [-0.39, 0.29) is 11.6 Å². The van der Waals surface area contributed by atoms with Crippen molar-refractivity contribution in [2.45, 2.75) is 19.4 Å². The van der Waals surface area contributed by atoms with Crippen molar-refractivity contribution in [2.75, 3.05) is 6.61 Å². The molecule has 0 radical (unpaired) electrons. The van der Waals surface area contributed by atoms with E-state index < -0.39 is 0 Å². The molecule has 0 bridgehead atoms. The summed E-state index contributed by atoms with van der Waals surface area (Å²) in [6.45, 7) is 1.17. The van der Waals surface area contributed by atoms with Crippen LogP contribution in [0.5, 0.6) is 5.75 Å². The predicted molar refractivity (Wildman–Crippen MR) is 72.2 cm³/mol. The normalized spacial score (nSPS) is 14.0. The summed E-state index contributed by atoms with van der Waals surface area (Å²) in [6.07, 6.45) is 3.90. The minimum atomic E-state index is -0.254. The summed E-state index contributed by atoms with van der Waals surface area (Å²) in [5.74, 6) is 1.28. The van der Waals surface area contributed by atoms with E-state index in [1.54, 1.807) is 0 Å². The molecular formula is C14H16N4O2. The maximum absolute atomic E-state index is 11.8. The maximum Gasteiger partial charge on any atom is 0.273 e. The molecular weight excluding hydrogens is 256 g/mol. The molecule has 3 rings (SSSR count). The lowest BCUT2D eigenvalue weighted by Crippen LogP contribution is -2.23. The van der Waals surface area contributed by atoms with Crippen LogP contribution >= 0.6 is 0 Å². The summed E-state index contributed by atoms with van der Waals surface area (Å²) in [6, 6.07) is 7.75. The van der Waals surface area contributed by atoms with E-state index in [0.29, 0.717) is 12.5 Å². The molecule has 0 saturated heterocycles. The Morgan fingerprint density at radius 1 is 1.40 bits per heavy atom. The van der Waals surface area contributed by atoms with E-state index >= 15 is 0 Å². The van der Waals surface area contributed by atoms with Crippen LogP contribution < -0.4 is 10.1 Å². The van der Waals surface area contributed by atoms with Gasteiger partial charge in [0.2, 0.25) is 0 Å². The van der Waals surface area contributed by atoms with Gasteiger partial charge in [0.25, 0.3) is 5.91 Å². The van der Waals surface area contributed by atoms with Gasteiger partial charge in [0.05, 0.1) is 12.8 Å². The van der Waals surface area contributed by atoms with Crippen molar-refractivity contribution in [1.82, 2.24) is 20.7 Å². The Morgan fingerprint density at radius 2 is 2.25 bits per heavy atom. The number of nitrogens with one attached hydrogen (secondary N) is 2. The number of ether oxygens (including phenoxy) is 1. The molecule has 2 N–H and O–H groups in total. The maximum atomic E-state index is 11.8. The molecule has 1 amide bonds. The van der Waals surface area contributed by atoms with Crippen LogP contribution in [0.1, 0.15) is 28.9 Å². The fraction of sp³-hybridized carbons (Fsp3) is 0.357. The lowest BCUT2D eigenvalue weighted by atomic mass is 10.2. The van der Waals surface area contributed by atoms with Crippen LogP contribution in [0.3, 0.4) is 0 Å². The Hall–Kier alpha value is -2.37. The molecule has 6 nitrogen and oxygen atoms in total. The van der Waals surface area contributed by atoms with Gasteiger partial charge in [-0.2, -0.15) is 15.4 Å². The van der Waals surface area contributed by atoms with Crippen LogP contribution in [0.4, 0.5) is 0 Å². The first kappa shape index (κ1) is 12.7. The van der Waals surface area contributed by atoms with E-state index in [2.05, 4.69) is 20.7 Å². The third-order valence-corrected chi connectivity index (χ3v) is 3.23. The predicted octanol–water partition coefficient (Wildman–Crippen LogP) is 1.52. The van der Waals surface area contributed by atoms with Crippen molar-refractivity contribution < 1.29 is 9.53 Å². The second kappa shape index (κ2) is 5.73. The van der Waals surface area contributed by atoms with E-state index in [9.17, 15) is 4.79 Å². The highest BCUT2D eigenvalue weighted by Gasteiger charge is 2.22. The topological polar surface area (TPSA) is 79.9 Å². The SMILES string of the molecule is O=C(NCc1ccccc1OCC1CC1)c1cn[nH]n1. The van der Waals surface area contributed by atoms with Crippen LogP contribution in [0, 0.1) is 5.92 Å². The number of carbonyl (C=O) groups is 1. The van der Waals surface area contributed by atoms with Crippen molar-refractivity contribution in [3.63, 3.8) is 0 Å². The van der Waals surface area contributed by atoms with Crippen molar-refractivity contribution >= 4 is 5.91 Å². The summed E-state index contributed by atoms with van der Waals surface area (Å²) in [5.41, 5.74) is 1.24. The molecule has 1 aliphatic carbocycles. The van der Waals surface area contributed by atoms with Gasteiger partial charge in [0.1, 0.15) is 5.75 Å². The molecule has 20 heavy (non-hydrogen) atoms. The second-order valence-corrected chi connectivity index (χ2v) is 4.90. The van der Waals surface area contributed by atoms with Gasteiger partial charge in [-0.05, 0) is 24.8 Å². The zero-order valence-electron chi connectivity index (χ0n) is 11.0. The Bertz CT molecular complexity index is 579. The first-order valence-corrected chi connectivity index (χ1v) is 6.67. The van der Waals surface area contributed by atoms with E-state index in [1.165, 1.54) is 19.0 Å². The molecule has 0 unspecified atom stereocenters. The number of nitrogens with zero attached hydrogens (tertiary/aromatic N) is 2. The second-order valence-electron chi connectivity index (χ2n) is 4.90. The summed E-state index contributed by atoms with van der Waals surface area (Å²) in [7, 11) is 0. The van der Waals surface area contributed by atoms with Gasteiger partial charge < -0.3 is 10.1 Å². The van der Waals surface area contributed by atoms with Crippen molar-refractivity contribution in [2.24, 2.45) is 5.92 Å². The number of benzene rings is 1. The lowest BCUT2D eigenvalue weighted by molar-refractivity contribution is 0.0945. The molecule has 0 spiro atoms. The minimum absolute atomic E-state index is 0.254. The number of rotatable bonds is 6. The van der Waals surface area contributed by atoms with Gasteiger partial charge in [0.15, 0.2) is 5.69 Å². The third-order valence-electron chi connectivity index (χ3n) is 3.23. The highest BCUT2D eigenvalue weighted by molar-refractivity contribution is 5.91. The molecule has 0 atom stereocenters. The zero-order valence-corrected chi connectivity index (χ0v) is 11.0. The quantitative estimate of drug-likeness (QED) is 0.835. The van der Waals surface area contributed by atoms with Crippen molar-refractivity contribution in [1.29, 1.82) is 0 Å². The minimum Gasteiger partial charge on any atom is -0.493 e. The highest BCUT2D eigenvalue weighted by atomic mass is 16.5. The lowest BCUT2D eigenvalue weighted by Gasteiger charge is -2.11. The van der Waals surface area contributed by atoms with Gasteiger partial charge in [-0.15, -0.1) is 0 Å². The van der Waals surface area contributed by atoms with Gasteiger partial charge in [-0.3, -0.25) is 4.79 Å². The van der Waals surface area contributed by atoms with Crippen molar-refractivity contribution in [3.8, 4) is 5.75 Å². The fourth-order valence-electron chi connectivity index (χ4n) is 1.86. The Kier molecular flexibility index (Phi) is 3.62. The first-order valence-electron chi connectivity index (χ1n) is 6.67. The molecule has 1 saturated carbocycles. The molecule has 2 aromatic rings. The fourth-order valence-corrected chi connectivity index (χ4v) is 1.86. The van der Waals surface area contributed by atoms with Crippen LogP contribution in [0.2, 0.25) is 0 Å². The Morgan fingerprint density at radius 3 is 3.00 bits per heavy atom. The third kappa shape index (κ3) is 3.14. The van der Waals surface area contributed by atoms with Gasteiger partial charge in [-0.1, -0.05) is 18.2 Å². The number of amides is 1. The van der Waals surface area contributed by atoms with Crippen LogP contribution in [0.15, 0.2) is 30.5 Å². The molecule has 1 heterocycles. The smallest absolute Gasteiger partial charge is 0.273 e. The average Bonchev–Trinajstić information content (AvgIpc) is 3.14. The standard InChI is InChI=1S/C14H16N4O2/c19-14(12-8-16-18-17-12)15-7-11-3-1-2-4-13(11)20-9-10-5-6-10/h1-4,8,10H,5-7,9H2,(H,15,19)(H,16,17,18). The van der Waals surface area contributed by atoms with E-state index in [1.807, 2.05) is 24.3 Å². The summed E-state index contributed by atoms with van der Waals surface area (Å²) >= 11 is 0. The number of H-pyrrole nitrogens is 1. The number of aromatic amines is 1. The monoisotopic (exact) mass is 272 g/mol. The van der Waals surface area contributed by atoms with Gasteiger partial charge in [0, 0.05) is 12.1 Å². The molecule has 1 aromatic carbocycles. The number of para-hydroxylation sites is 1. The summed E-state index contributed by atoms with van der Waals surface area (Å²) in [5, 5.41) is 12.6. The van der Waals surface area contributed by atoms with Crippen LogP contribution in [-0.2, 0) is 6.54 Å². The van der Waals surface area contributed by atoms with Crippen LogP contribution in [0.25, 0.3) is 0 Å². The van der Waals surface area contributed by atoms with Gasteiger partial charge >= 0.3 is 0 Å². The Labute approximate surface area is 116 Å². The molecule has 104 valence electrons. The summed E-state index contributed by atoms with van der Waals surface area (Å²) in [4.78, 5) is 11.8. The zero-order chi connectivity index (χ0) is 13.8. The van der Waals surface area contributed by atoms with Crippen molar-refractivity contribution in [3.05, 3.63) is 41.7 Å². The molecule has 1 aromatic heterocycles. The first-order chi connectivity index (χ1) is 9.83. The highest BCUT2D eigenvalue weighted by Crippen LogP contribution is 2.30. The average molecular weight is 272 g/mol. The Balaban J connectivity index is 1.59. The molecule has 6 heteroatoms. The number of hydrogen-bond acceptors (Lipinski definition) is 4. The number of aromatic nitrogens is 3. The largest absolute Gasteiger partial charge is 0.493 e. The summed E-state index contributed by atoms with van der Waals surface area (Å²) < 4.78 is 5.80. The van der Waals surface area contributed by atoms with Gasteiger partial charge in [-0.25, -0.2) is 0 Å². The van der Waals surface area contributed by atoms with E-state index in [0.717, 1.165) is 17.9 Å². The number of carbonyl (C=O) groups excluding carboxylic acids is 1. The van der Waals surface area contributed by atoms with Crippen LogP contribution in [-0.4, -0.2) is 27.9 Å². The molecule has 1 fully saturated rings. The molecule has 1 aliphatic rings. The molecule has 0 aliphatic heterocycles.